The minimum atomic E-state index is -0.317. The summed E-state index contributed by atoms with van der Waals surface area (Å²) in [5, 5.41) is 5.67. The molecule has 0 radical (unpaired) electrons. The summed E-state index contributed by atoms with van der Waals surface area (Å²) < 4.78 is 2.00. The van der Waals surface area contributed by atoms with Crippen LogP contribution in [0.5, 0.6) is 0 Å². The molecule has 0 fully saturated rings. The fourth-order valence-corrected chi connectivity index (χ4v) is 2.56. The van der Waals surface area contributed by atoms with Gasteiger partial charge in [0.1, 0.15) is 6.54 Å². The maximum atomic E-state index is 11.9. The highest BCUT2D eigenvalue weighted by Crippen LogP contribution is 2.14. The van der Waals surface area contributed by atoms with Crippen molar-refractivity contribution in [2.45, 2.75) is 6.54 Å². The van der Waals surface area contributed by atoms with Gasteiger partial charge in [0, 0.05) is 29.8 Å². The molecule has 6 nitrogen and oxygen atoms in total. The number of amides is 2. The third-order valence-electron chi connectivity index (χ3n) is 3.11. The molecule has 126 valence electrons. The summed E-state index contributed by atoms with van der Waals surface area (Å²) in [5.41, 5.74) is 0.117. The number of carbonyl (C=O) groups excluding carboxylic acids is 2. The van der Waals surface area contributed by atoms with E-state index in [1.165, 1.54) is 10.6 Å². The van der Waals surface area contributed by atoms with Crippen LogP contribution >= 0.6 is 27.5 Å². The standard InChI is InChI=1S/C16H15BrClN3O3/c17-11-5-6-15(23)21(9-11)10-14(22)19-7-8-20-16(24)12-3-1-2-4-13(12)18/h1-6,9H,7-8,10H2,(H,19,22)(H,20,24). The smallest absolute Gasteiger partial charge is 0.252 e. The molecule has 2 rings (SSSR count). The number of rotatable bonds is 6. The highest BCUT2D eigenvalue weighted by atomic mass is 79.9. The molecule has 24 heavy (non-hydrogen) atoms. The quantitative estimate of drug-likeness (QED) is 0.710. The number of aromatic nitrogens is 1. The predicted molar refractivity (Wildman–Crippen MR) is 95.2 cm³/mol. The van der Waals surface area contributed by atoms with E-state index in [1.54, 1.807) is 36.5 Å². The van der Waals surface area contributed by atoms with E-state index in [9.17, 15) is 14.4 Å². The number of nitrogens with one attached hydrogen (secondary N) is 2. The van der Waals surface area contributed by atoms with Crippen LogP contribution in [0.2, 0.25) is 5.02 Å². The average molecular weight is 413 g/mol. The maximum absolute atomic E-state index is 11.9. The molecule has 0 aliphatic carbocycles. The summed E-state index contributed by atoms with van der Waals surface area (Å²) in [4.78, 5) is 35.4. The molecule has 0 saturated carbocycles. The Bertz CT molecular complexity index is 807. The molecule has 0 bridgehead atoms. The van der Waals surface area contributed by atoms with Crippen LogP contribution in [0.1, 0.15) is 10.4 Å². The van der Waals surface area contributed by atoms with Crippen LogP contribution in [-0.2, 0) is 11.3 Å². The van der Waals surface area contributed by atoms with Crippen LogP contribution < -0.4 is 16.2 Å². The van der Waals surface area contributed by atoms with Crippen molar-refractivity contribution in [3.05, 3.63) is 68.0 Å². The van der Waals surface area contributed by atoms with Crippen LogP contribution in [0.4, 0.5) is 0 Å². The van der Waals surface area contributed by atoms with Crippen molar-refractivity contribution < 1.29 is 9.59 Å². The number of hydrogen-bond acceptors (Lipinski definition) is 3. The minimum absolute atomic E-state index is 0.0866. The first-order valence-electron chi connectivity index (χ1n) is 7.13. The first-order chi connectivity index (χ1) is 11.5. The van der Waals surface area contributed by atoms with Gasteiger partial charge in [-0.1, -0.05) is 23.7 Å². The van der Waals surface area contributed by atoms with Gasteiger partial charge in [-0.15, -0.1) is 0 Å². The summed E-state index contributed by atoms with van der Waals surface area (Å²) in [6, 6.07) is 9.70. The van der Waals surface area contributed by atoms with Crippen LogP contribution in [0, 0.1) is 0 Å². The lowest BCUT2D eigenvalue weighted by atomic mass is 10.2. The van der Waals surface area contributed by atoms with Crippen molar-refractivity contribution in [2.75, 3.05) is 13.1 Å². The second-order valence-corrected chi connectivity index (χ2v) is 6.22. The Morgan fingerprint density at radius 1 is 1.08 bits per heavy atom. The summed E-state index contributed by atoms with van der Waals surface area (Å²) in [6.45, 7) is 0.414. The van der Waals surface area contributed by atoms with E-state index in [1.807, 2.05) is 0 Å². The van der Waals surface area contributed by atoms with Crippen molar-refractivity contribution >= 4 is 39.3 Å². The van der Waals surface area contributed by atoms with E-state index in [4.69, 9.17) is 11.6 Å². The molecule has 0 aliphatic rings. The van der Waals surface area contributed by atoms with Gasteiger partial charge in [0.05, 0.1) is 10.6 Å². The van der Waals surface area contributed by atoms with Crippen molar-refractivity contribution in [2.24, 2.45) is 0 Å². The highest BCUT2D eigenvalue weighted by molar-refractivity contribution is 9.10. The fraction of sp³-hybridized carbons (Fsp3) is 0.188. The predicted octanol–water partition coefficient (Wildman–Crippen LogP) is 1.81. The Balaban J connectivity index is 1.77. The van der Waals surface area contributed by atoms with E-state index >= 15 is 0 Å². The molecule has 0 atom stereocenters. The number of carbonyl (C=O) groups is 2. The third-order valence-corrected chi connectivity index (χ3v) is 3.91. The SMILES string of the molecule is O=C(Cn1cc(Br)ccc1=O)NCCNC(=O)c1ccccc1Cl. The van der Waals surface area contributed by atoms with E-state index in [0.29, 0.717) is 15.1 Å². The van der Waals surface area contributed by atoms with Gasteiger partial charge in [0.15, 0.2) is 0 Å². The van der Waals surface area contributed by atoms with Crippen molar-refractivity contribution in [3.8, 4) is 0 Å². The molecule has 0 saturated heterocycles. The highest BCUT2D eigenvalue weighted by Gasteiger charge is 2.09. The lowest BCUT2D eigenvalue weighted by Crippen LogP contribution is -2.37. The van der Waals surface area contributed by atoms with Crippen LogP contribution in [0.3, 0.4) is 0 Å². The zero-order valence-corrected chi connectivity index (χ0v) is 14.9. The molecular formula is C16H15BrClN3O3. The summed E-state index contributed by atoms with van der Waals surface area (Å²) in [5.74, 6) is -0.625. The zero-order valence-electron chi connectivity index (χ0n) is 12.6. The molecule has 2 N–H and O–H groups in total. The average Bonchev–Trinajstić information content (AvgIpc) is 2.55. The number of halogens is 2. The van der Waals surface area contributed by atoms with Crippen molar-refractivity contribution in [3.63, 3.8) is 0 Å². The first kappa shape index (κ1) is 18.2. The summed E-state index contributed by atoms with van der Waals surface area (Å²) in [6.07, 6.45) is 1.54. The molecule has 2 amide bonds. The molecular weight excluding hydrogens is 398 g/mol. The van der Waals surface area contributed by atoms with E-state index < -0.39 is 0 Å². The largest absolute Gasteiger partial charge is 0.353 e. The van der Waals surface area contributed by atoms with E-state index in [2.05, 4.69) is 26.6 Å². The van der Waals surface area contributed by atoms with Gasteiger partial charge in [0.25, 0.3) is 11.5 Å². The Kier molecular flexibility index (Phi) is 6.57. The summed E-state index contributed by atoms with van der Waals surface area (Å²) >= 11 is 9.18. The molecule has 1 aromatic heterocycles. The Morgan fingerprint density at radius 2 is 1.79 bits per heavy atom. The Hall–Kier alpha value is -2.12. The number of pyridine rings is 1. The summed E-state index contributed by atoms with van der Waals surface area (Å²) in [7, 11) is 0. The van der Waals surface area contributed by atoms with Crippen molar-refractivity contribution in [1.82, 2.24) is 15.2 Å². The Morgan fingerprint density at radius 3 is 2.54 bits per heavy atom. The zero-order chi connectivity index (χ0) is 17.5. The van der Waals surface area contributed by atoms with Crippen molar-refractivity contribution in [1.29, 1.82) is 0 Å². The second kappa shape index (κ2) is 8.65. The molecule has 0 spiro atoms. The molecule has 2 aromatic rings. The first-order valence-corrected chi connectivity index (χ1v) is 8.30. The van der Waals surface area contributed by atoms with Crippen LogP contribution in [-0.4, -0.2) is 29.5 Å². The van der Waals surface area contributed by atoms with Gasteiger partial charge in [-0.05, 0) is 34.1 Å². The minimum Gasteiger partial charge on any atom is -0.353 e. The van der Waals surface area contributed by atoms with E-state index in [0.717, 1.165) is 0 Å². The van der Waals surface area contributed by atoms with Gasteiger partial charge in [0.2, 0.25) is 5.91 Å². The van der Waals surface area contributed by atoms with Gasteiger partial charge in [-0.25, -0.2) is 0 Å². The lowest BCUT2D eigenvalue weighted by Gasteiger charge is -2.09. The lowest BCUT2D eigenvalue weighted by molar-refractivity contribution is -0.121. The number of hydrogen-bond donors (Lipinski definition) is 2. The van der Waals surface area contributed by atoms with Crippen LogP contribution in [0.15, 0.2) is 51.9 Å². The maximum Gasteiger partial charge on any atom is 0.252 e. The molecule has 1 aromatic carbocycles. The van der Waals surface area contributed by atoms with Gasteiger partial charge < -0.3 is 15.2 Å². The molecule has 8 heteroatoms. The monoisotopic (exact) mass is 411 g/mol. The molecule has 0 aliphatic heterocycles. The van der Waals surface area contributed by atoms with Gasteiger partial charge in [-0.2, -0.15) is 0 Å². The van der Waals surface area contributed by atoms with Crippen LogP contribution in [0.25, 0.3) is 0 Å². The number of benzene rings is 1. The normalized spacial score (nSPS) is 10.2. The second-order valence-electron chi connectivity index (χ2n) is 4.90. The number of nitrogens with zero attached hydrogens (tertiary/aromatic N) is 1. The Labute approximate surface area is 151 Å². The topological polar surface area (TPSA) is 80.2 Å². The van der Waals surface area contributed by atoms with E-state index in [-0.39, 0.29) is 37.0 Å². The molecule has 0 unspecified atom stereocenters. The fourth-order valence-electron chi connectivity index (χ4n) is 1.95. The third kappa shape index (κ3) is 5.21. The molecule has 1 heterocycles. The van der Waals surface area contributed by atoms with Gasteiger partial charge in [-0.3, -0.25) is 14.4 Å². The van der Waals surface area contributed by atoms with Gasteiger partial charge >= 0.3 is 0 Å².